The average molecular weight is 447 g/mol. The van der Waals surface area contributed by atoms with Crippen molar-refractivity contribution in [2.75, 3.05) is 11.9 Å². The number of rotatable bonds is 4. The minimum atomic E-state index is -4.56. The number of nitrogens with one attached hydrogen (secondary N) is 1. The number of nitrogens with zero attached hydrogens (tertiary/aromatic N) is 6. The van der Waals surface area contributed by atoms with Gasteiger partial charge in [0.2, 0.25) is 0 Å². The van der Waals surface area contributed by atoms with Crippen LogP contribution in [-0.4, -0.2) is 54.4 Å². The molecule has 2 fully saturated rings. The zero-order valence-electron chi connectivity index (χ0n) is 16.5. The number of anilines is 1. The maximum Gasteiger partial charge on any atom is 0.434 e. The number of fused-ring (bicyclic) bond motifs is 2. The second-order valence-corrected chi connectivity index (χ2v) is 7.88. The first-order valence-electron chi connectivity index (χ1n) is 9.92. The summed E-state index contributed by atoms with van der Waals surface area (Å²) in [7, 11) is 0. The third-order valence-corrected chi connectivity index (χ3v) is 5.84. The topological polar surface area (TPSA) is 88.8 Å². The van der Waals surface area contributed by atoms with Gasteiger partial charge in [0.1, 0.15) is 17.3 Å². The van der Waals surface area contributed by atoms with E-state index in [1.54, 1.807) is 4.90 Å². The van der Waals surface area contributed by atoms with E-state index in [4.69, 9.17) is 0 Å². The molecule has 8 nitrogen and oxygen atoms in total. The molecule has 3 atom stereocenters. The van der Waals surface area contributed by atoms with Crippen LogP contribution < -0.4 is 5.32 Å². The Labute approximate surface area is 179 Å². The van der Waals surface area contributed by atoms with Gasteiger partial charge in [-0.15, -0.1) is 0 Å². The normalized spacial score (nSPS) is 22.4. The highest BCUT2D eigenvalue weighted by molar-refractivity contribution is 5.98. The quantitative estimate of drug-likeness (QED) is 0.619. The number of carbonyl (C=O) groups excluding carboxylic acids is 1. The Hall–Kier alpha value is -3.57. The van der Waals surface area contributed by atoms with Gasteiger partial charge < -0.3 is 10.2 Å². The molecule has 2 bridgehead atoms. The van der Waals surface area contributed by atoms with Gasteiger partial charge in [0.15, 0.2) is 5.69 Å². The van der Waals surface area contributed by atoms with E-state index in [9.17, 15) is 22.4 Å². The van der Waals surface area contributed by atoms with E-state index < -0.39 is 17.7 Å². The van der Waals surface area contributed by atoms with Crippen LogP contribution in [0.25, 0.3) is 5.69 Å². The summed E-state index contributed by atoms with van der Waals surface area (Å²) in [5, 5.41) is 11.1. The predicted molar refractivity (Wildman–Crippen MR) is 103 cm³/mol. The van der Waals surface area contributed by atoms with Crippen LogP contribution in [0.15, 0.2) is 43.0 Å². The lowest BCUT2D eigenvalue weighted by molar-refractivity contribution is -0.141. The lowest BCUT2D eigenvalue weighted by Crippen LogP contribution is -2.48. The number of alkyl halides is 3. The number of carbonyl (C=O) groups is 1. The van der Waals surface area contributed by atoms with Crippen molar-refractivity contribution in [1.82, 2.24) is 29.9 Å². The summed E-state index contributed by atoms with van der Waals surface area (Å²) in [6.45, 7) is 0.545. The Morgan fingerprint density at radius 3 is 2.53 bits per heavy atom. The van der Waals surface area contributed by atoms with E-state index in [-0.39, 0.29) is 41.0 Å². The lowest BCUT2D eigenvalue weighted by Gasteiger charge is -2.34. The van der Waals surface area contributed by atoms with Crippen LogP contribution in [0.5, 0.6) is 0 Å². The van der Waals surface area contributed by atoms with Gasteiger partial charge in [-0.2, -0.15) is 28.2 Å². The van der Waals surface area contributed by atoms with Crippen molar-refractivity contribution in [3.63, 3.8) is 0 Å². The van der Waals surface area contributed by atoms with Crippen molar-refractivity contribution in [2.24, 2.45) is 5.92 Å². The molecule has 0 radical (unpaired) electrons. The maximum atomic E-state index is 13.8. The third-order valence-electron chi connectivity index (χ3n) is 5.84. The van der Waals surface area contributed by atoms with Crippen molar-refractivity contribution < 1.29 is 22.4 Å². The summed E-state index contributed by atoms with van der Waals surface area (Å²) in [5.74, 6) is -0.339. The van der Waals surface area contributed by atoms with Gasteiger partial charge >= 0.3 is 6.18 Å². The molecule has 1 saturated carbocycles. The van der Waals surface area contributed by atoms with Crippen LogP contribution in [0.2, 0.25) is 0 Å². The zero-order valence-corrected chi connectivity index (χ0v) is 16.5. The van der Waals surface area contributed by atoms with Crippen LogP contribution in [0.3, 0.4) is 0 Å². The standard InChI is InChI=1S/C20H17F4N7O/c21-12-1-2-13(15(7-12)31-27-3-4-28-31)19(32)30-10-11-5-14(16(30)6-11)29-18-9-25-17(8-26-18)20(22,23)24/h1-4,7-9,11,14,16H,5-6,10H2,(H,26,29)/t11-,14?,16?/m0/s1. The van der Waals surface area contributed by atoms with Crippen LogP contribution in [-0.2, 0) is 6.18 Å². The Kier molecular flexibility index (Phi) is 4.79. The van der Waals surface area contributed by atoms with Crippen molar-refractivity contribution in [2.45, 2.75) is 31.1 Å². The molecule has 12 heteroatoms. The molecule has 2 aliphatic rings. The van der Waals surface area contributed by atoms with E-state index in [1.165, 1.54) is 35.4 Å². The predicted octanol–water partition coefficient (Wildman–Crippen LogP) is 2.93. The van der Waals surface area contributed by atoms with Crippen LogP contribution in [0.4, 0.5) is 23.4 Å². The monoisotopic (exact) mass is 447 g/mol. The smallest absolute Gasteiger partial charge is 0.364 e. The first kappa shape index (κ1) is 20.3. The fourth-order valence-electron chi connectivity index (χ4n) is 4.50. The van der Waals surface area contributed by atoms with E-state index >= 15 is 0 Å². The molecular weight excluding hydrogens is 430 g/mol. The molecule has 3 aromatic rings. The van der Waals surface area contributed by atoms with E-state index in [0.29, 0.717) is 12.7 Å². The number of amides is 1. The van der Waals surface area contributed by atoms with Crippen molar-refractivity contribution in [1.29, 1.82) is 0 Å². The van der Waals surface area contributed by atoms with Gasteiger partial charge in [-0.25, -0.2) is 14.4 Å². The van der Waals surface area contributed by atoms with E-state index in [1.807, 2.05) is 0 Å². The van der Waals surface area contributed by atoms with Crippen LogP contribution in [0, 0.1) is 11.7 Å². The van der Waals surface area contributed by atoms with Gasteiger partial charge in [-0.1, -0.05) is 0 Å². The summed E-state index contributed by atoms with van der Waals surface area (Å²) in [6.07, 6.45) is 1.55. The SMILES string of the molecule is O=C(c1ccc(F)cc1-n1nccn1)N1C[C@H]2CC(Nc3cnc(C(F)(F)F)cn3)C1C2. The van der Waals surface area contributed by atoms with Gasteiger partial charge in [-0.05, 0) is 30.9 Å². The molecule has 5 rings (SSSR count). The highest BCUT2D eigenvalue weighted by atomic mass is 19.4. The van der Waals surface area contributed by atoms with Crippen molar-refractivity contribution in [3.8, 4) is 5.69 Å². The fraction of sp³-hybridized carbons (Fsp3) is 0.350. The van der Waals surface area contributed by atoms with Gasteiger partial charge in [0.05, 0.1) is 36.4 Å². The van der Waals surface area contributed by atoms with E-state index in [2.05, 4.69) is 25.5 Å². The lowest BCUT2D eigenvalue weighted by atomic mass is 10.0. The van der Waals surface area contributed by atoms with Gasteiger partial charge in [0, 0.05) is 18.7 Å². The molecule has 166 valence electrons. The molecule has 32 heavy (non-hydrogen) atoms. The first-order valence-corrected chi connectivity index (χ1v) is 9.92. The highest BCUT2D eigenvalue weighted by Crippen LogP contribution is 2.40. The number of benzene rings is 1. The summed E-state index contributed by atoms with van der Waals surface area (Å²) in [6, 6.07) is 3.46. The Morgan fingerprint density at radius 2 is 1.88 bits per heavy atom. The maximum absolute atomic E-state index is 13.8. The van der Waals surface area contributed by atoms with Crippen molar-refractivity contribution in [3.05, 3.63) is 60.1 Å². The van der Waals surface area contributed by atoms with E-state index in [0.717, 1.165) is 19.0 Å². The average Bonchev–Trinajstić information content (AvgIpc) is 3.50. The molecule has 3 heterocycles. The largest absolute Gasteiger partial charge is 0.434 e. The number of halogens is 4. The molecule has 0 spiro atoms. The molecule has 2 aromatic heterocycles. The minimum absolute atomic E-state index is 0.180. The van der Waals surface area contributed by atoms with Crippen molar-refractivity contribution >= 4 is 11.7 Å². The molecule has 1 amide bonds. The van der Waals surface area contributed by atoms with Gasteiger partial charge in [0.25, 0.3) is 5.91 Å². The number of aromatic nitrogens is 5. The van der Waals surface area contributed by atoms with Crippen LogP contribution >= 0.6 is 0 Å². The molecule has 1 aliphatic heterocycles. The summed E-state index contributed by atoms with van der Waals surface area (Å²) >= 11 is 0. The highest BCUT2D eigenvalue weighted by Gasteiger charge is 2.47. The number of piperidine rings is 1. The summed E-state index contributed by atoms with van der Waals surface area (Å²) in [4.78, 5) is 23.5. The number of likely N-dealkylation sites (tertiary alicyclic amines) is 1. The second-order valence-electron chi connectivity index (χ2n) is 7.88. The van der Waals surface area contributed by atoms with Gasteiger partial charge in [-0.3, -0.25) is 4.79 Å². The fourth-order valence-corrected chi connectivity index (χ4v) is 4.50. The van der Waals surface area contributed by atoms with Crippen LogP contribution in [0.1, 0.15) is 28.9 Å². The number of hydrogen-bond acceptors (Lipinski definition) is 6. The molecule has 1 aliphatic carbocycles. The number of hydrogen-bond donors (Lipinski definition) is 1. The molecule has 2 unspecified atom stereocenters. The Bertz CT molecular complexity index is 1130. The molecular formula is C20H17F4N7O. The summed E-state index contributed by atoms with van der Waals surface area (Å²) in [5.41, 5.74) is -0.562. The second kappa shape index (κ2) is 7.53. The molecule has 1 saturated heterocycles. The molecule has 1 aromatic carbocycles. The minimum Gasteiger partial charge on any atom is -0.364 e. The molecule has 1 N–H and O–H groups in total. The Morgan fingerprint density at radius 1 is 1.09 bits per heavy atom. The summed E-state index contributed by atoms with van der Waals surface area (Å²) < 4.78 is 52.0. The first-order chi connectivity index (χ1) is 15.3. The Balaban J connectivity index is 1.36. The zero-order chi connectivity index (χ0) is 22.5. The third kappa shape index (κ3) is 3.65.